The van der Waals surface area contributed by atoms with Crippen LogP contribution in [-0.4, -0.2) is 51.6 Å². The van der Waals surface area contributed by atoms with E-state index < -0.39 is 0 Å². The van der Waals surface area contributed by atoms with Crippen molar-refractivity contribution in [3.05, 3.63) is 79.3 Å². The number of likely N-dealkylation sites (tertiary alicyclic amines) is 1. The Labute approximate surface area is 227 Å². The first-order valence-electron chi connectivity index (χ1n) is 13.1. The molecule has 2 aromatic carbocycles. The Hall–Kier alpha value is -4.61. The molecule has 2 saturated heterocycles. The lowest BCUT2D eigenvalue weighted by Crippen LogP contribution is -2.26. The number of benzene rings is 2. The highest BCUT2D eigenvalue weighted by atomic mass is 16.5. The quantitative estimate of drug-likeness (QED) is 0.300. The second-order valence-corrected chi connectivity index (χ2v) is 9.75. The molecule has 2 unspecified atom stereocenters. The molecule has 8 nitrogen and oxygen atoms in total. The Morgan fingerprint density at radius 2 is 1.90 bits per heavy atom. The molecule has 196 valence electrons. The highest BCUT2D eigenvalue weighted by Gasteiger charge is 2.29. The topological polar surface area (TPSA) is 95.5 Å². The molecule has 4 aromatic rings. The van der Waals surface area contributed by atoms with Gasteiger partial charge in [0.1, 0.15) is 35.0 Å². The van der Waals surface area contributed by atoms with E-state index in [9.17, 15) is 4.79 Å². The summed E-state index contributed by atoms with van der Waals surface area (Å²) < 4.78 is 13.9. The minimum atomic E-state index is -0.0573. The van der Waals surface area contributed by atoms with Gasteiger partial charge in [0.15, 0.2) is 0 Å². The zero-order valence-electron chi connectivity index (χ0n) is 21.5. The van der Waals surface area contributed by atoms with Crippen LogP contribution in [0.5, 0.6) is 11.5 Å². The fourth-order valence-corrected chi connectivity index (χ4v) is 5.33. The third-order valence-electron chi connectivity index (χ3n) is 7.27. The van der Waals surface area contributed by atoms with Crippen molar-refractivity contribution >= 4 is 22.8 Å². The second kappa shape index (κ2) is 10.6. The lowest BCUT2D eigenvalue weighted by atomic mass is 10.0. The predicted octanol–water partition coefficient (Wildman–Crippen LogP) is 4.82. The third-order valence-corrected chi connectivity index (χ3v) is 7.27. The zero-order chi connectivity index (χ0) is 26.8. The van der Waals surface area contributed by atoms with E-state index in [1.807, 2.05) is 54.6 Å². The summed E-state index contributed by atoms with van der Waals surface area (Å²) in [7, 11) is 0. The fraction of sp³-hybridized carbons (Fsp3) is 0.258. The molecule has 1 amide bonds. The van der Waals surface area contributed by atoms with Crippen LogP contribution in [0.25, 0.3) is 22.2 Å². The highest BCUT2D eigenvalue weighted by molar-refractivity contribution is 6.03. The van der Waals surface area contributed by atoms with Crippen molar-refractivity contribution in [3.8, 4) is 34.5 Å². The van der Waals surface area contributed by atoms with Gasteiger partial charge in [-0.15, -0.1) is 0 Å². The molecule has 2 N–H and O–H groups in total. The van der Waals surface area contributed by atoms with E-state index in [1.165, 1.54) is 12.4 Å². The molecule has 2 fully saturated rings. The van der Waals surface area contributed by atoms with E-state index in [2.05, 4.69) is 33.0 Å². The van der Waals surface area contributed by atoms with Crippen LogP contribution in [0.2, 0.25) is 0 Å². The van der Waals surface area contributed by atoms with E-state index in [0.29, 0.717) is 32.1 Å². The summed E-state index contributed by atoms with van der Waals surface area (Å²) in [6, 6.07) is 17.7. The van der Waals surface area contributed by atoms with Crippen molar-refractivity contribution in [2.45, 2.75) is 18.9 Å². The summed E-state index contributed by atoms with van der Waals surface area (Å²) in [5.74, 6) is 8.86. The van der Waals surface area contributed by atoms with Gasteiger partial charge in [-0.2, -0.15) is 0 Å². The normalized spacial score (nSPS) is 18.6. The highest BCUT2D eigenvalue weighted by Crippen LogP contribution is 2.40. The molecule has 0 bridgehead atoms. The van der Waals surface area contributed by atoms with Gasteiger partial charge in [-0.25, -0.2) is 9.97 Å². The van der Waals surface area contributed by atoms with Crippen molar-refractivity contribution in [2.75, 3.05) is 32.0 Å². The van der Waals surface area contributed by atoms with Crippen LogP contribution >= 0.6 is 0 Å². The van der Waals surface area contributed by atoms with E-state index in [0.717, 1.165) is 52.2 Å². The molecule has 4 heterocycles. The third kappa shape index (κ3) is 4.85. The molecular formula is C31H29N5O3. The number of fused-ring (bicyclic) bond motifs is 1. The van der Waals surface area contributed by atoms with Gasteiger partial charge in [0, 0.05) is 31.2 Å². The minimum Gasteiger partial charge on any atom is -0.457 e. The Bertz CT molecular complexity index is 1580. The van der Waals surface area contributed by atoms with Crippen molar-refractivity contribution in [3.63, 3.8) is 0 Å². The maximum absolute atomic E-state index is 12.1. The van der Waals surface area contributed by atoms with Crippen LogP contribution in [0.3, 0.4) is 0 Å². The lowest BCUT2D eigenvalue weighted by molar-refractivity contribution is -0.125. The first-order chi connectivity index (χ1) is 19.1. The second-order valence-electron chi connectivity index (χ2n) is 9.75. The smallest absolute Gasteiger partial charge is 0.245 e. The van der Waals surface area contributed by atoms with Crippen molar-refractivity contribution in [2.24, 2.45) is 5.92 Å². The molecule has 8 heteroatoms. The van der Waals surface area contributed by atoms with Gasteiger partial charge in [-0.05, 0) is 54.7 Å². The number of para-hydroxylation sites is 1. The molecule has 0 aliphatic carbocycles. The molecule has 0 spiro atoms. The number of nitrogen functional groups attached to an aromatic ring is 1. The number of carbonyl (C=O) groups excluding carboxylic acids is 1. The van der Waals surface area contributed by atoms with Gasteiger partial charge in [0.05, 0.1) is 18.0 Å². The first kappa shape index (κ1) is 24.7. The number of hydrogen-bond donors (Lipinski definition) is 1. The number of rotatable bonds is 5. The fourth-order valence-electron chi connectivity index (χ4n) is 5.33. The number of hydrogen-bond acceptors (Lipinski definition) is 6. The Morgan fingerprint density at radius 1 is 1.10 bits per heavy atom. The molecule has 2 atom stereocenters. The molecule has 0 saturated carbocycles. The van der Waals surface area contributed by atoms with Crippen LogP contribution in [0.1, 0.15) is 24.6 Å². The number of amides is 1. The average Bonchev–Trinajstić information content (AvgIpc) is 3.72. The number of anilines is 1. The van der Waals surface area contributed by atoms with E-state index >= 15 is 0 Å². The summed E-state index contributed by atoms with van der Waals surface area (Å²) in [6.07, 6.45) is 4.54. The first-order valence-corrected chi connectivity index (χ1v) is 13.1. The Morgan fingerprint density at radius 3 is 2.64 bits per heavy atom. The van der Waals surface area contributed by atoms with Gasteiger partial charge in [0.25, 0.3) is 0 Å². The predicted molar refractivity (Wildman–Crippen MR) is 150 cm³/mol. The summed E-state index contributed by atoms with van der Waals surface area (Å²) in [5, 5.41) is 0.778. The average molecular weight is 520 g/mol. The molecule has 0 radical (unpaired) electrons. The van der Waals surface area contributed by atoms with Crippen LogP contribution in [0.15, 0.2) is 73.6 Å². The summed E-state index contributed by atoms with van der Waals surface area (Å²) >= 11 is 0. The molecule has 39 heavy (non-hydrogen) atoms. The van der Waals surface area contributed by atoms with Crippen molar-refractivity contribution in [1.82, 2.24) is 19.4 Å². The molecule has 2 aromatic heterocycles. The number of aromatic nitrogens is 3. The van der Waals surface area contributed by atoms with Gasteiger partial charge >= 0.3 is 0 Å². The lowest BCUT2D eigenvalue weighted by Gasteiger charge is -2.14. The largest absolute Gasteiger partial charge is 0.457 e. The monoisotopic (exact) mass is 519 g/mol. The van der Waals surface area contributed by atoms with Crippen molar-refractivity contribution < 1.29 is 14.3 Å². The molecule has 2 aliphatic rings. The maximum Gasteiger partial charge on any atom is 0.245 e. The minimum absolute atomic E-state index is 0.0573. The summed E-state index contributed by atoms with van der Waals surface area (Å²) in [5.41, 5.74) is 9.89. The Balaban J connectivity index is 1.45. The van der Waals surface area contributed by atoms with Crippen LogP contribution in [-0.2, 0) is 9.53 Å². The van der Waals surface area contributed by atoms with E-state index in [-0.39, 0.29) is 17.9 Å². The summed E-state index contributed by atoms with van der Waals surface area (Å²) in [6.45, 7) is 6.14. The van der Waals surface area contributed by atoms with Crippen LogP contribution < -0.4 is 10.5 Å². The summed E-state index contributed by atoms with van der Waals surface area (Å²) in [4.78, 5) is 22.9. The van der Waals surface area contributed by atoms with Gasteiger partial charge in [0.2, 0.25) is 5.91 Å². The molecular weight excluding hydrogens is 490 g/mol. The van der Waals surface area contributed by atoms with E-state index in [1.54, 1.807) is 4.90 Å². The number of ether oxygens (including phenoxy) is 2. The number of nitrogens with two attached hydrogens (primary N) is 1. The van der Waals surface area contributed by atoms with Crippen LogP contribution in [0.4, 0.5) is 5.82 Å². The van der Waals surface area contributed by atoms with Gasteiger partial charge in [-0.1, -0.05) is 42.8 Å². The number of carbonyl (C=O) groups is 1. The Kier molecular flexibility index (Phi) is 6.74. The van der Waals surface area contributed by atoms with Crippen LogP contribution in [0, 0.1) is 17.8 Å². The van der Waals surface area contributed by atoms with Gasteiger partial charge < -0.3 is 24.7 Å². The van der Waals surface area contributed by atoms with E-state index in [4.69, 9.17) is 15.2 Å². The maximum atomic E-state index is 12.1. The zero-order valence-corrected chi connectivity index (χ0v) is 21.5. The SMILES string of the molecule is C=CC(=O)N1CCC(C#Cc2c(-c3ccc(Oc4ccccc4)cc3)c3c(N)ncnc3n2C2CCOC2)C1. The number of nitrogens with zero attached hydrogens (tertiary/aromatic N) is 4. The molecule has 6 rings (SSSR count). The standard InChI is InChI=1S/C31H29N5O3/c1-2-27(37)35-16-14-21(18-35)8-13-26-28(22-9-11-25(12-10-22)39-24-6-4-3-5-7-24)29-30(32)33-20-34-31(29)36(26)23-15-17-38-19-23/h2-7,9-12,20-21,23H,1,14-19H2,(H2,32,33,34). The molecule has 2 aliphatic heterocycles. The van der Waals surface area contributed by atoms with Gasteiger partial charge in [-0.3, -0.25) is 4.79 Å². The van der Waals surface area contributed by atoms with Crippen molar-refractivity contribution in [1.29, 1.82) is 0 Å².